The van der Waals surface area contributed by atoms with Crippen LogP contribution in [-0.4, -0.2) is 17.7 Å². The monoisotopic (exact) mass is 493 g/mol. The number of rotatable bonds is 5. The van der Waals surface area contributed by atoms with Gasteiger partial charge in [-0.15, -0.1) is 0 Å². The van der Waals surface area contributed by atoms with Gasteiger partial charge in [-0.2, -0.15) is 0 Å². The Balaban J connectivity index is 1.57. The third-order valence-corrected chi connectivity index (χ3v) is 6.06. The average molecular weight is 494 g/mol. The molecule has 3 amide bonds. The average Bonchev–Trinajstić information content (AvgIpc) is 3.01. The van der Waals surface area contributed by atoms with Gasteiger partial charge in [0.05, 0.1) is 5.69 Å². The summed E-state index contributed by atoms with van der Waals surface area (Å²) in [7, 11) is 0. The van der Waals surface area contributed by atoms with Crippen LogP contribution in [0.25, 0.3) is 0 Å². The minimum Gasteiger partial charge on any atom is -0.350 e. The highest BCUT2D eigenvalue weighted by molar-refractivity contribution is 6.53. The van der Waals surface area contributed by atoms with Gasteiger partial charge >= 0.3 is 0 Å². The molecule has 0 fully saturated rings. The third kappa shape index (κ3) is 4.55. The summed E-state index contributed by atoms with van der Waals surface area (Å²) >= 11 is 12.3. The van der Waals surface area contributed by atoms with Crippen LogP contribution in [0, 0.1) is 20.8 Å². The van der Waals surface area contributed by atoms with Gasteiger partial charge in [0, 0.05) is 22.0 Å². The lowest BCUT2D eigenvalue weighted by atomic mass is 10.1. The van der Waals surface area contributed by atoms with E-state index in [2.05, 4.69) is 10.6 Å². The number of amides is 3. The molecule has 1 aliphatic rings. The zero-order valence-corrected chi connectivity index (χ0v) is 20.2. The molecule has 1 heterocycles. The molecule has 1 aliphatic heterocycles. The van der Waals surface area contributed by atoms with Crippen LogP contribution in [0.4, 0.5) is 17.1 Å². The number of nitrogens with one attached hydrogen (secondary N) is 2. The van der Waals surface area contributed by atoms with Gasteiger partial charge in [0.15, 0.2) is 0 Å². The maximum absolute atomic E-state index is 13.1. The van der Waals surface area contributed by atoms with Gasteiger partial charge in [-0.05, 0) is 73.9 Å². The smallest absolute Gasteiger partial charge is 0.283 e. The molecule has 3 aromatic rings. The zero-order valence-electron chi connectivity index (χ0n) is 18.7. The van der Waals surface area contributed by atoms with E-state index in [1.54, 1.807) is 43.3 Å². The molecule has 0 radical (unpaired) electrons. The third-order valence-electron chi connectivity index (χ3n) is 5.47. The minimum atomic E-state index is -0.650. The predicted molar refractivity (Wildman–Crippen MR) is 135 cm³/mol. The Morgan fingerprint density at radius 3 is 2.35 bits per heavy atom. The first kappa shape index (κ1) is 23.5. The van der Waals surface area contributed by atoms with Crippen molar-refractivity contribution in [2.45, 2.75) is 20.8 Å². The second-order valence-electron chi connectivity index (χ2n) is 8.04. The summed E-state index contributed by atoms with van der Waals surface area (Å²) in [5.41, 5.74) is 4.49. The lowest BCUT2D eigenvalue weighted by Crippen LogP contribution is -2.32. The second-order valence-corrected chi connectivity index (χ2v) is 8.86. The van der Waals surface area contributed by atoms with E-state index in [0.717, 1.165) is 21.7 Å². The normalized spacial score (nSPS) is 13.5. The van der Waals surface area contributed by atoms with Crippen molar-refractivity contribution in [1.82, 2.24) is 0 Å². The molecule has 0 atom stereocenters. The lowest BCUT2D eigenvalue weighted by Gasteiger charge is -2.18. The molecule has 6 nitrogen and oxygen atoms in total. The van der Waals surface area contributed by atoms with Crippen LogP contribution >= 0.6 is 23.2 Å². The molecule has 0 aliphatic carbocycles. The first-order valence-electron chi connectivity index (χ1n) is 10.5. The molecule has 3 aromatic carbocycles. The number of nitrogens with zero attached hydrogens (tertiary/aromatic N) is 1. The van der Waals surface area contributed by atoms with Crippen molar-refractivity contribution >= 4 is 58.0 Å². The molecule has 34 heavy (non-hydrogen) atoms. The van der Waals surface area contributed by atoms with E-state index in [4.69, 9.17) is 23.2 Å². The molecule has 172 valence electrons. The number of carbonyl (C=O) groups is 3. The predicted octanol–water partition coefficient (Wildman–Crippen LogP) is 5.95. The van der Waals surface area contributed by atoms with Crippen LogP contribution in [-0.2, 0) is 9.59 Å². The van der Waals surface area contributed by atoms with Crippen molar-refractivity contribution in [2.75, 3.05) is 15.5 Å². The number of benzene rings is 3. The summed E-state index contributed by atoms with van der Waals surface area (Å²) < 4.78 is 0. The Hall–Kier alpha value is -3.61. The maximum Gasteiger partial charge on any atom is 0.283 e. The highest BCUT2D eigenvalue weighted by atomic mass is 35.5. The van der Waals surface area contributed by atoms with Crippen LogP contribution in [0.2, 0.25) is 5.02 Å². The summed E-state index contributed by atoms with van der Waals surface area (Å²) in [5.74, 6) is -1.56. The van der Waals surface area contributed by atoms with Crippen LogP contribution < -0.4 is 15.5 Å². The Labute approximate surface area is 207 Å². The molecule has 0 aromatic heterocycles. The van der Waals surface area contributed by atoms with E-state index in [1.807, 2.05) is 32.0 Å². The van der Waals surface area contributed by atoms with Gasteiger partial charge in [0.25, 0.3) is 17.7 Å². The Bertz CT molecular complexity index is 1380. The fraction of sp³-hybridized carbons (Fsp3) is 0.115. The zero-order chi connectivity index (χ0) is 24.6. The molecule has 4 rings (SSSR count). The standard InChI is InChI=1S/C26H21Cl2N3O3/c1-14-7-8-15(2)20(11-14)30-24(32)17-5-4-6-19(12-17)29-23-22(28)25(33)31(26(23)34)21-13-18(27)10-9-16(21)3/h4-13,29H,1-3H3,(H,30,32). The quantitative estimate of drug-likeness (QED) is 0.430. The maximum atomic E-state index is 13.1. The van der Waals surface area contributed by atoms with Crippen molar-refractivity contribution in [1.29, 1.82) is 0 Å². The summed E-state index contributed by atoms with van der Waals surface area (Å²) in [4.78, 5) is 39.7. The largest absolute Gasteiger partial charge is 0.350 e. The van der Waals surface area contributed by atoms with Crippen molar-refractivity contribution in [3.05, 3.63) is 98.7 Å². The molecular weight excluding hydrogens is 473 g/mol. The molecule has 8 heteroatoms. The van der Waals surface area contributed by atoms with Gasteiger partial charge in [0.1, 0.15) is 10.7 Å². The molecule has 0 spiro atoms. The molecular formula is C26H21Cl2N3O3. The van der Waals surface area contributed by atoms with Crippen LogP contribution in [0.15, 0.2) is 71.4 Å². The minimum absolute atomic E-state index is 0.0712. The number of aryl methyl sites for hydroxylation is 3. The Morgan fingerprint density at radius 2 is 1.59 bits per heavy atom. The van der Waals surface area contributed by atoms with E-state index in [9.17, 15) is 14.4 Å². The van der Waals surface area contributed by atoms with Crippen molar-refractivity contribution in [2.24, 2.45) is 0 Å². The topological polar surface area (TPSA) is 78.5 Å². The Morgan fingerprint density at radius 1 is 0.853 bits per heavy atom. The number of hydrogen-bond acceptors (Lipinski definition) is 4. The molecule has 2 N–H and O–H groups in total. The summed E-state index contributed by atoms with van der Waals surface area (Å²) in [6.07, 6.45) is 0. The summed E-state index contributed by atoms with van der Waals surface area (Å²) in [5, 5.41) is 5.96. The number of carbonyl (C=O) groups excluding carboxylic acids is 3. The van der Waals surface area contributed by atoms with Gasteiger partial charge in [0.2, 0.25) is 0 Å². The Kier molecular flexibility index (Phi) is 6.46. The van der Waals surface area contributed by atoms with E-state index in [0.29, 0.717) is 27.5 Å². The fourth-order valence-electron chi connectivity index (χ4n) is 3.60. The van der Waals surface area contributed by atoms with E-state index in [1.165, 1.54) is 6.07 Å². The van der Waals surface area contributed by atoms with E-state index < -0.39 is 11.8 Å². The number of halogens is 2. The van der Waals surface area contributed by atoms with Crippen molar-refractivity contribution in [3.8, 4) is 0 Å². The number of imide groups is 1. The second kappa shape index (κ2) is 9.33. The van der Waals surface area contributed by atoms with Crippen molar-refractivity contribution in [3.63, 3.8) is 0 Å². The first-order valence-corrected chi connectivity index (χ1v) is 11.2. The molecule has 0 saturated heterocycles. The number of hydrogen-bond donors (Lipinski definition) is 2. The lowest BCUT2D eigenvalue weighted by molar-refractivity contribution is -0.120. The summed E-state index contributed by atoms with van der Waals surface area (Å²) in [6.45, 7) is 5.63. The van der Waals surface area contributed by atoms with E-state index in [-0.39, 0.29) is 16.6 Å². The van der Waals surface area contributed by atoms with E-state index >= 15 is 0 Å². The van der Waals surface area contributed by atoms with Crippen LogP contribution in [0.3, 0.4) is 0 Å². The number of anilines is 3. The molecule has 0 bridgehead atoms. The van der Waals surface area contributed by atoms with Gasteiger partial charge in [-0.1, -0.05) is 47.5 Å². The van der Waals surface area contributed by atoms with Crippen molar-refractivity contribution < 1.29 is 14.4 Å². The first-order chi connectivity index (χ1) is 16.2. The van der Waals surface area contributed by atoms with Gasteiger partial charge in [-0.25, -0.2) is 4.90 Å². The summed E-state index contributed by atoms with van der Waals surface area (Å²) in [6, 6.07) is 17.3. The van der Waals surface area contributed by atoms with Crippen LogP contribution in [0.5, 0.6) is 0 Å². The van der Waals surface area contributed by atoms with Gasteiger partial charge in [-0.3, -0.25) is 14.4 Å². The molecule has 0 unspecified atom stereocenters. The van der Waals surface area contributed by atoms with Gasteiger partial charge < -0.3 is 10.6 Å². The fourth-order valence-corrected chi connectivity index (χ4v) is 3.98. The molecule has 0 saturated carbocycles. The van der Waals surface area contributed by atoms with Crippen LogP contribution in [0.1, 0.15) is 27.0 Å². The highest BCUT2D eigenvalue weighted by Gasteiger charge is 2.39. The SMILES string of the molecule is Cc1ccc(C)c(NC(=O)c2cccc(NC3=C(Cl)C(=O)N(c4cc(Cl)ccc4C)C3=O)c2)c1. The highest BCUT2D eigenvalue weighted by Crippen LogP contribution is 2.33.